The number of hydrogen-bond acceptors (Lipinski definition) is 7. The van der Waals surface area contributed by atoms with Crippen LogP contribution in [0.5, 0.6) is 0 Å². The number of pyridine rings is 1. The average molecular weight is 525 g/mol. The molecular formula is C22H22Cl2N4O5S. The average Bonchev–Trinajstić information content (AvgIpc) is 3.30. The Morgan fingerprint density at radius 3 is 2.50 bits per heavy atom. The third-order valence-electron chi connectivity index (χ3n) is 5.09. The molecule has 2 heterocycles. The van der Waals surface area contributed by atoms with E-state index in [-0.39, 0.29) is 33.8 Å². The van der Waals surface area contributed by atoms with Crippen molar-refractivity contribution < 1.29 is 23.9 Å². The molecule has 3 rings (SSSR count). The maximum absolute atomic E-state index is 12.7. The molecule has 1 unspecified atom stereocenters. The number of carbonyl (C=O) groups is 4. The first-order valence-electron chi connectivity index (χ1n) is 10.1. The fourth-order valence-corrected chi connectivity index (χ4v) is 5.11. The van der Waals surface area contributed by atoms with Crippen molar-refractivity contribution in [3.63, 3.8) is 0 Å². The van der Waals surface area contributed by atoms with Crippen LogP contribution < -0.4 is 10.6 Å². The third kappa shape index (κ3) is 6.19. The fraction of sp³-hybridized carbons (Fsp3) is 0.318. The minimum absolute atomic E-state index is 0.107. The van der Waals surface area contributed by atoms with Gasteiger partial charge in [0.15, 0.2) is 0 Å². The number of rotatable bonds is 7. The van der Waals surface area contributed by atoms with E-state index < -0.39 is 29.9 Å². The summed E-state index contributed by atoms with van der Waals surface area (Å²) in [6, 6.07) is 6.34. The number of nitrogens with one attached hydrogen (secondary N) is 2. The summed E-state index contributed by atoms with van der Waals surface area (Å²) < 4.78 is 4.83. The largest absolute Gasteiger partial charge is 0.467 e. The lowest BCUT2D eigenvalue weighted by molar-refractivity contribution is -0.146. The van der Waals surface area contributed by atoms with Crippen molar-refractivity contribution in [1.29, 1.82) is 0 Å². The van der Waals surface area contributed by atoms with Gasteiger partial charge in [-0.3, -0.25) is 14.4 Å². The van der Waals surface area contributed by atoms with Gasteiger partial charge in [0.1, 0.15) is 17.9 Å². The number of anilines is 1. The van der Waals surface area contributed by atoms with Gasteiger partial charge in [0.2, 0.25) is 11.8 Å². The van der Waals surface area contributed by atoms with Crippen molar-refractivity contribution in [1.82, 2.24) is 15.2 Å². The summed E-state index contributed by atoms with van der Waals surface area (Å²) in [7, 11) is 1.23. The first-order chi connectivity index (χ1) is 16.2. The van der Waals surface area contributed by atoms with Gasteiger partial charge >= 0.3 is 5.97 Å². The van der Waals surface area contributed by atoms with Crippen LogP contribution in [-0.2, 0) is 25.5 Å². The highest BCUT2D eigenvalue weighted by atomic mass is 35.5. The van der Waals surface area contributed by atoms with Crippen LogP contribution in [0.2, 0.25) is 10.0 Å². The van der Waals surface area contributed by atoms with Gasteiger partial charge in [-0.25, -0.2) is 9.78 Å². The Balaban J connectivity index is 1.67. The second-order valence-electron chi connectivity index (χ2n) is 7.40. The van der Waals surface area contributed by atoms with Crippen molar-refractivity contribution in [2.75, 3.05) is 24.1 Å². The number of aromatic nitrogens is 1. The summed E-state index contributed by atoms with van der Waals surface area (Å²) in [6.45, 7) is 1.40. The molecule has 1 fully saturated rings. The van der Waals surface area contributed by atoms with Crippen LogP contribution in [0.4, 0.5) is 5.82 Å². The van der Waals surface area contributed by atoms with E-state index in [0.29, 0.717) is 17.2 Å². The number of amides is 3. The van der Waals surface area contributed by atoms with Crippen LogP contribution >= 0.6 is 35.0 Å². The van der Waals surface area contributed by atoms with E-state index in [9.17, 15) is 19.2 Å². The van der Waals surface area contributed by atoms with Gasteiger partial charge in [-0.1, -0.05) is 35.3 Å². The molecule has 1 aromatic heterocycles. The third-order valence-corrected chi connectivity index (χ3v) is 6.73. The molecule has 1 aliphatic heterocycles. The van der Waals surface area contributed by atoms with Gasteiger partial charge in [0.25, 0.3) is 5.91 Å². The summed E-state index contributed by atoms with van der Waals surface area (Å²) in [5.74, 6) is -0.649. The molecule has 34 heavy (non-hydrogen) atoms. The number of hydrogen-bond donors (Lipinski definition) is 2. The maximum Gasteiger partial charge on any atom is 0.328 e. The minimum atomic E-state index is -0.971. The molecule has 9 nitrogen and oxygen atoms in total. The Hall–Kier alpha value is -2.82. The highest BCUT2D eigenvalue weighted by Gasteiger charge is 2.35. The molecule has 1 aliphatic rings. The van der Waals surface area contributed by atoms with Crippen LogP contribution in [0.15, 0.2) is 36.5 Å². The molecule has 0 bridgehead atoms. The van der Waals surface area contributed by atoms with E-state index in [0.717, 1.165) is 0 Å². The number of ether oxygens (including phenoxy) is 1. The van der Waals surface area contributed by atoms with E-state index >= 15 is 0 Å². The van der Waals surface area contributed by atoms with Crippen molar-refractivity contribution >= 4 is 64.5 Å². The molecule has 180 valence electrons. The molecular weight excluding hydrogens is 503 g/mol. The number of thioether (sulfide) groups is 1. The van der Waals surface area contributed by atoms with E-state index in [4.69, 9.17) is 27.9 Å². The highest BCUT2D eigenvalue weighted by molar-refractivity contribution is 7.99. The molecule has 0 saturated carbocycles. The first kappa shape index (κ1) is 25.8. The number of carbonyl (C=O) groups excluding carboxylic acids is 4. The molecule has 2 atom stereocenters. The number of halogens is 2. The number of esters is 1. The zero-order chi connectivity index (χ0) is 24.8. The Morgan fingerprint density at radius 1 is 1.21 bits per heavy atom. The van der Waals surface area contributed by atoms with Gasteiger partial charge in [-0.05, 0) is 23.8 Å². The van der Waals surface area contributed by atoms with Gasteiger partial charge in [0, 0.05) is 25.3 Å². The van der Waals surface area contributed by atoms with Gasteiger partial charge in [0.05, 0.1) is 28.6 Å². The predicted molar refractivity (Wildman–Crippen MR) is 130 cm³/mol. The normalized spacial score (nSPS) is 16.0. The van der Waals surface area contributed by atoms with Gasteiger partial charge < -0.3 is 20.3 Å². The van der Waals surface area contributed by atoms with Gasteiger partial charge in [-0.15, -0.1) is 11.8 Å². The Labute approximate surface area is 210 Å². The summed E-state index contributed by atoms with van der Waals surface area (Å²) in [5.41, 5.74) is 0.753. The fourth-order valence-electron chi connectivity index (χ4n) is 3.32. The summed E-state index contributed by atoms with van der Waals surface area (Å²) in [4.78, 5) is 54.9. The zero-order valence-electron chi connectivity index (χ0n) is 18.3. The Morgan fingerprint density at radius 2 is 1.91 bits per heavy atom. The molecule has 12 heteroatoms. The Kier molecular flexibility index (Phi) is 8.76. The topological polar surface area (TPSA) is 118 Å². The van der Waals surface area contributed by atoms with Gasteiger partial charge in [-0.2, -0.15) is 0 Å². The lowest BCUT2D eigenvalue weighted by Crippen LogP contribution is -2.52. The summed E-state index contributed by atoms with van der Waals surface area (Å²) >= 11 is 13.6. The standard InChI is InChI=1S/C22H22Cl2N4O5S/c1-12(29)28-11-34-10-17(28)20(30)26-16(22(32)33-2)8-13-6-7-18(25-9-13)27-21(31)19-14(23)4-3-5-15(19)24/h3-7,9,16-17H,8,10-11H2,1-2H3,(H,26,30)(H,25,27,31)/t16-,17?/m0/s1. The number of nitrogens with zero attached hydrogens (tertiary/aromatic N) is 2. The van der Waals surface area contributed by atoms with E-state index in [1.165, 1.54) is 36.9 Å². The molecule has 2 aromatic rings. The van der Waals surface area contributed by atoms with Crippen LogP contribution in [0.1, 0.15) is 22.8 Å². The van der Waals surface area contributed by atoms with Crippen LogP contribution in [0, 0.1) is 0 Å². The number of methoxy groups -OCH3 is 1. The van der Waals surface area contributed by atoms with E-state index in [1.807, 2.05) is 0 Å². The lowest BCUT2D eigenvalue weighted by atomic mass is 10.1. The minimum Gasteiger partial charge on any atom is -0.467 e. The SMILES string of the molecule is COC(=O)[C@H](Cc1ccc(NC(=O)c2c(Cl)cccc2Cl)nc1)NC(=O)C1CSCN1C(C)=O. The second-order valence-corrected chi connectivity index (χ2v) is 9.21. The molecule has 0 radical (unpaired) electrons. The quantitative estimate of drug-likeness (QED) is 0.534. The maximum atomic E-state index is 12.7. The van der Waals surface area contributed by atoms with Crippen molar-refractivity contribution in [3.05, 3.63) is 57.7 Å². The van der Waals surface area contributed by atoms with Crippen molar-refractivity contribution in [2.24, 2.45) is 0 Å². The Bertz CT molecular complexity index is 1080. The molecule has 0 spiro atoms. The van der Waals surface area contributed by atoms with Crippen molar-refractivity contribution in [3.8, 4) is 0 Å². The molecule has 1 aromatic carbocycles. The number of benzene rings is 1. The highest BCUT2D eigenvalue weighted by Crippen LogP contribution is 2.25. The predicted octanol–water partition coefficient (Wildman–Crippen LogP) is 2.76. The molecule has 2 N–H and O–H groups in total. The van der Waals surface area contributed by atoms with E-state index in [1.54, 1.807) is 30.3 Å². The van der Waals surface area contributed by atoms with Crippen LogP contribution in [-0.4, -0.2) is 64.4 Å². The van der Waals surface area contributed by atoms with Crippen LogP contribution in [0.3, 0.4) is 0 Å². The second kappa shape index (κ2) is 11.5. The summed E-state index contributed by atoms with van der Waals surface area (Å²) in [6.07, 6.45) is 1.58. The zero-order valence-corrected chi connectivity index (χ0v) is 20.7. The molecule has 3 amide bonds. The smallest absolute Gasteiger partial charge is 0.328 e. The molecule has 1 saturated heterocycles. The molecule has 0 aliphatic carbocycles. The van der Waals surface area contributed by atoms with E-state index in [2.05, 4.69) is 15.6 Å². The lowest BCUT2D eigenvalue weighted by Gasteiger charge is -2.24. The summed E-state index contributed by atoms with van der Waals surface area (Å²) in [5, 5.41) is 5.72. The first-order valence-corrected chi connectivity index (χ1v) is 12.1. The monoisotopic (exact) mass is 524 g/mol. The van der Waals surface area contributed by atoms with Crippen molar-refractivity contribution in [2.45, 2.75) is 25.4 Å². The van der Waals surface area contributed by atoms with Crippen LogP contribution in [0.25, 0.3) is 0 Å².